The number of nitrogens with two attached hydrogens (primary N) is 1. The maximum absolute atomic E-state index is 13.6. The highest BCUT2D eigenvalue weighted by molar-refractivity contribution is 6.35. The average molecular weight is 227 g/mol. The second kappa shape index (κ2) is 3.83. The molecule has 3 N–H and O–H groups in total. The minimum atomic E-state index is -0.248. The number of H-pyrrole nitrogens is 1. The van der Waals surface area contributed by atoms with Crippen molar-refractivity contribution in [2.24, 2.45) is 5.73 Å². The number of rotatable bonds is 2. The molecule has 2 nitrogen and oxygen atoms in total. The van der Waals surface area contributed by atoms with Gasteiger partial charge in [0.15, 0.2) is 0 Å². The number of aryl methyl sites for hydroxylation is 1. The molecule has 2 aromatic rings. The number of benzene rings is 1. The third-order valence-corrected chi connectivity index (χ3v) is 2.88. The van der Waals surface area contributed by atoms with Gasteiger partial charge in [0, 0.05) is 11.1 Å². The van der Waals surface area contributed by atoms with E-state index in [0.717, 1.165) is 11.3 Å². The lowest BCUT2D eigenvalue weighted by molar-refractivity contribution is 0.639. The molecule has 0 saturated carbocycles. The maximum atomic E-state index is 13.6. The van der Waals surface area contributed by atoms with E-state index in [1.165, 1.54) is 6.07 Å². The lowest BCUT2D eigenvalue weighted by atomic mass is 10.1. The first kappa shape index (κ1) is 10.5. The zero-order valence-electron chi connectivity index (χ0n) is 8.40. The molecule has 0 amide bonds. The molecule has 15 heavy (non-hydrogen) atoms. The molecule has 0 aliphatic carbocycles. The van der Waals surface area contributed by atoms with Crippen molar-refractivity contribution in [3.05, 3.63) is 34.2 Å². The van der Waals surface area contributed by atoms with E-state index < -0.39 is 0 Å². The summed E-state index contributed by atoms with van der Waals surface area (Å²) in [4.78, 5) is 3.09. The van der Waals surface area contributed by atoms with Gasteiger partial charge in [0.1, 0.15) is 5.82 Å². The first-order valence-corrected chi connectivity index (χ1v) is 5.18. The van der Waals surface area contributed by atoms with Crippen LogP contribution in [0, 0.1) is 12.7 Å². The fourth-order valence-corrected chi connectivity index (χ4v) is 2.08. The van der Waals surface area contributed by atoms with Crippen LogP contribution in [0.3, 0.4) is 0 Å². The van der Waals surface area contributed by atoms with Crippen molar-refractivity contribution in [2.75, 3.05) is 6.54 Å². The molecule has 1 heterocycles. The third-order valence-electron chi connectivity index (χ3n) is 2.56. The molecule has 0 spiro atoms. The number of aromatic nitrogens is 1. The Bertz CT molecular complexity index is 505. The molecule has 80 valence electrons. The van der Waals surface area contributed by atoms with Gasteiger partial charge < -0.3 is 10.7 Å². The monoisotopic (exact) mass is 226 g/mol. The third kappa shape index (κ3) is 1.62. The number of nitrogens with one attached hydrogen (secondary N) is 1. The van der Waals surface area contributed by atoms with Crippen molar-refractivity contribution >= 4 is 22.5 Å². The van der Waals surface area contributed by atoms with Crippen LogP contribution >= 0.6 is 11.6 Å². The van der Waals surface area contributed by atoms with Crippen molar-refractivity contribution in [1.82, 2.24) is 4.98 Å². The molecular formula is C11H12ClFN2. The van der Waals surface area contributed by atoms with Crippen LogP contribution in [0.4, 0.5) is 4.39 Å². The van der Waals surface area contributed by atoms with Gasteiger partial charge in [0.2, 0.25) is 0 Å². The second-order valence-corrected chi connectivity index (χ2v) is 3.95. The lowest BCUT2D eigenvalue weighted by Crippen LogP contribution is -2.03. The molecule has 2 rings (SSSR count). The number of hydrogen-bond donors (Lipinski definition) is 2. The fourth-order valence-electron chi connectivity index (χ4n) is 1.88. The number of aromatic amines is 1. The van der Waals surface area contributed by atoms with E-state index in [2.05, 4.69) is 4.98 Å². The van der Waals surface area contributed by atoms with Crippen LogP contribution < -0.4 is 5.73 Å². The molecule has 0 radical (unpaired) electrons. The summed E-state index contributed by atoms with van der Waals surface area (Å²) in [5.41, 5.74) is 8.02. The molecule has 1 aromatic heterocycles. The van der Waals surface area contributed by atoms with Crippen LogP contribution in [0.1, 0.15) is 11.3 Å². The highest BCUT2D eigenvalue weighted by atomic mass is 35.5. The molecule has 0 saturated heterocycles. The SMILES string of the molecule is Cc1[nH]c2c(Cl)ccc(F)c2c1CCN. The van der Waals surface area contributed by atoms with Gasteiger partial charge in [-0.1, -0.05) is 11.6 Å². The van der Waals surface area contributed by atoms with E-state index in [0.29, 0.717) is 28.9 Å². The Labute approximate surface area is 92.2 Å². The number of halogens is 2. The topological polar surface area (TPSA) is 41.8 Å². The van der Waals surface area contributed by atoms with Gasteiger partial charge in [0.05, 0.1) is 10.5 Å². The lowest BCUT2D eigenvalue weighted by Gasteiger charge is -2.00. The summed E-state index contributed by atoms with van der Waals surface area (Å²) < 4.78 is 13.6. The van der Waals surface area contributed by atoms with Gasteiger partial charge in [-0.05, 0) is 37.6 Å². The van der Waals surface area contributed by atoms with E-state index >= 15 is 0 Å². The normalized spacial score (nSPS) is 11.2. The molecule has 0 aliphatic heterocycles. The highest BCUT2D eigenvalue weighted by Crippen LogP contribution is 2.30. The Morgan fingerprint density at radius 3 is 2.87 bits per heavy atom. The Morgan fingerprint density at radius 2 is 2.20 bits per heavy atom. The molecule has 0 fully saturated rings. The van der Waals surface area contributed by atoms with Gasteiger partial charge in [-0.15, -0.1) is 0 Å². The van der Waals surface area contributed by atoms with Crippen molar-refractivity contribution < 1.29 is 4.39 Å². The van der Waals surface area contributed by atoms with E-state index in [9.17, 15) is 4.39 Å². The summed E-state index contributed by atoms with van der Waals surface area (Å²) in [5, 5.41) is 1.11. The zero-order chi connectivity index (χ0) is 11.0. The first-order valence-electron chi connectivity index (χ1n) is 4.80. The highest BCUT2D eigenvalue weighted by Gasteiger charge is 2.13. The molecular weight excluding hydrogens is 215 g/mol. The van der Waals surface area contributed by atoms with E-state index in [4.69, 9.17) is 17.3 Å². The van der Waals surface area contributed by atoms with Crippen molar-refractivity contribution in [3.63, 3.8) is 0 Å². The smallest absolute Gasteiger partial charge is 0.132 e. The molecule has 0 aliphatic rings. The van der Waals surface area contributed by atoms with Gasteiger partial charge in [-0.25, -0.2) is 4.39 Å². The number of hydrogen-bond acceptors (Lipinski definition) is 1. The summed E-state index contributed by atoms with van der Waals surface area (Å²) in [6.07, 6.45) is 0.656. The van der Waals surface area contributed by atoms with Gasteiger partial charge in [0.25, 0.3) is 0 Å². The minimum Gasteiger partial charge on any atom is -0.357 e. The van der Waals surface area contributed by atoms with E-state index in [1.54, 1.807) is 6.07 Å². The van der Waals surface area contributed by atoms with E-state index in [-0.39, 0.29) is 5.82 Å². The first-order chi connectivity index (χ1) is 7.15. The predicted octanol–water partition coefficient (Wildman–Crippen LogP) is 2.77. The van der Waals surface area contributed by atoms with Crippen LogP contribution in [0.15, 0.2) is 12.1 Å². The van der Waals surface area contributed by atoms with Crippen molar-refractivity contribution in [2.45, 2.75) is 13.3 Å². The summed E-state index contributed by atoms with van der Waals surface area (Å²) in [7, 11) is 0. The summed E-state index contributed by atoms with van der Waals surface area (Å²) in [6.45, 7) is 2.40. The number of fused-ring (bicyclic) bond motifs is 1. The minimum absolute atomic E-state index is 0.248. The second-order valence-electron chi connectivity index (χ2n) is 3.55. The summed E-state index contributed by atoms with van der Waals surface area (Å²) >= 11 is 5.99. The Kier molecular flexibility index (Phi) is 2.67. The Balaban J connectivity index is 2.79. The molecule has 1 aromatic carbocycles. The fraction of sp³-hybridized carbons (Fsp3) is 0.273. The van der Waals surface area contributed by atoms with E-state index in [1.807, 2.05) is 6.92 Å². The standard InChI is InChI=1S/C11H12ClFN2/c1-6-7(4-5-14)10-9(13)3-2-8(12)11(10)15-6/h2-3,15H,4-5,14H2,1H3. The predicted molar refractivity (Wildman–Crippen MR) is 60.8 cm³/mol. The van der Waals surface area contributed by atoms with Crippen LogP contribution in [0.2, 0.25) is 5.02 Å². The van der Waals surface area contributed by atoms with Gasteiger partial charge in [-0.3, -0.25) is 0 Å². The zero-order valence-corrected chi connectivity index (χ0v) is 9.16. The van der Waals surface area contributed by atoms with Crippen LogP contribution in [0.25, 0.3) is 10.9 Å². The molecule has 0 bridgehead atoms. The molecule has 0 atom stereocenters. The quantitative estimate of drug-likeness (QED) is 0.813. The van der Waals surface area contributed by atoms with Crippen molar-refractivity contribution in [3.8, 4) is 0 Å². The van der Waals surface area contributed by atoms with Gasteiger partial charge >= 0.3 is 0 Å². The largest absolute Gasteiger partial charge is 0.357 e. The molecule has 4 heteroatoms. The van der Waals surface area contributed by atoms with Crippen LogP contribution in [-0.2, 0) is 6.42 Å². The van der Waals surface area contributed by atoms with Crippen LogP contribution in [0.5, 0.6) is 0 Å². The van der Waals surface area contributed by atoms with Crippen molar-refractivity contribution in [1.29, 1.82) is 0 Å². The van der Waals surface area contributed by atoms with Gasteiger partial charge in [-0.2, -0.15) is 0 Å². The maximum Gasteiger partial charge on any atom is 0.132 e. The Morgan fingerprint density at radius 1 is 1.47 bits per heavy atom. The molecule has 0 unspecified atom stereocenters. The average Bonchev–Trinajstić information content (AvgIpc) is 2.53. The van der Waals surface area contributed by atoms with Crippen LogP contribution in [-0.4, -0.2) is 11.5 Å². The summed E-state index contributed by atoms with van der Waals surface area (Å²) in [5.74, 6) is -0.248. The summed E-state index contributed by atoms with van der Waals surface area (Å²) in [6, 6.07) is 2.94. The Hall–Kier alpha value is -1.06.